The number of thiazole rings is 1. The van der Waals surface area contributed by atoms with Gasteiger partial charge in [-0.15, -0.1) is 11.3 Å². The van der Waals surface area contributed by atoms with Gasteiger partial charge in [0.15, 0.2) is 0 Å². The molecule has 1 aromatic rings. The molecule has 0 atom stereocenters. The van der Waals surface area contributed by atoms with E-state index in [1.165, 1.54) is 17.7 Å². The molecule has 0 bridgehead atoms. The number of nitrogens with one attached hydrogen (secondary N) is 1. The van der Waals surface area contributed by atoms with E-state index in [0.29, 0.717) is 0 Å². The zero-order valence-corrected chi connectivity index (χ0v) is 9.76. The van der Waals surface area contributed by atoms with Gasteiger partial charge in [0, 0.05) is 30.8 Å². The molecular weight excluding hydrogens is 208 g/mol. The first kappa shape index (κ1) is 11.0. The minimum Gasteiger partial charge on any atom is -0.381 e. The number of nitrogens with zero attached hydrogens (tertiary/aromatic N) is 1. The molecular formula is C11H18N2OS. The molecule has 4 heteroatoms. The summed E-state index contributed by atoms with van der Waals surface area (Å²) in [6.45, 7) is 3.84. The number of ether oxygens (including phenoxy) is 1. The number of hydrogen-bond donors (Lipinski definition) is 1. The Balaban J connectivity index is 1.38. The van der Waals surface area contributed by atoms with Crippen LogP contribution >= 0.6 is 11.3 Å². The normalized spacial score (nSPS) is 15.7. The van der Waals surface area contributed by atoms with Gasteiger partial charge in [0.05, 0.1) is 5.51 Å². The molecule has 1 aliphatic rings. The average molecular weight is 226 g/mol. The molecule has 1 aromatic heterocycles. The van der Waals surface area contributed by atoms with Crippen molar-refractivity contribution < 1.29 is 4.74 Å². The molecule has 0 aromatic carbocycles. The van der Waals surface area contributed by atoms with Crippen LogP contribution in [-0.4, -0.2) is 24.7 Å². The van der Waals surface area contributed by atoms with Gasteiger partial charge in [0.2, 0.25) is 0 Å². The predicted molar refractivity (Wildman–Crippen MR) is 62.0 cm³/mol. The predicted octanol–water partition coefficient (Wildman–Crippen LogP) is 2.05. The van der Waals surface area contributed by atoms with Gasteiger partial charge in [0.1, 0.15) is 0 Å². The molecule has 0 aliphatic heterocycles. The van der Waals surface area contributed by atoms with Crippen molar-refractivity contribution in [2.45, 2.75) is 25.8 Å². The molecule has 15 heavy (non-hydrogen) atoms. The summed E-state index contributed by atoms with van der Waals surface area (Å²) in [6.07, 6.45) is 5.78. The van der Waals surface area contributed by atoms with Gasteiger partial charge in [-0.2, -0.15) is 0 Å². The molecule has 3 nitrogen and oxygen atoms in total. The first-order valence-corrected chi connectivity index (χ1v) is 6.49. The molecule has 1 N–H and O–H groups in total. The summed E-state index contributed by atoms with van der Waals surface area (Å²) in [4.78, 5) is 5.33. The van der Waals surface area contributed by atoms with E-state index < -0.39 is 0 Å². The monoisotopic (exact) mass is 226 g/mol. The lowest BCUT2D eigenvalue weighted by atomic mass is 10.4. The van der Waals surface area contributed by atoms with Crippen molar-refractivity contribution >= 4 is 11.3 Å². The molecule has 1 heterocycles. The van der Waals surface area contributed by atoms with Crippen molar-refractivity contribution in [3.8, 4) is 0 Å². The highest BCUT2D eigenvalue weighted by Crippen LogP contribution is 2.28. The van der Waals surface area contributed by atoms with E-state index in [4.69, 9.17) is 4.74 Å². The third-order valence-electron chi connectivity index (χ3n) is 2.48. The average Bonchev–Trinajstić information content (AvgIpc) is 2.92. The number of hydrogen-bond acceptors (Lipinski definition) is 4. The van der Waals surface area contributed by atoms with Gasteiger partial charge in [-0.05, 0) is 31.7 Å². The minimum absolute atomic E-state index is 0.884. The van der Waals surface area contributed by atoms with E-state index in [9.17, 15) is 0 Å². The maximum Gasteiger partial charge on any atom is 0.0794 e. The second kappa shape index (κ2) is 6.20. The SMILES string of the molecule is c1ncc(CNCCCOCC2CC2)s1. The Morgan fingerprint density at radius 2 is 2.47 bits per heavy atom. The van der Waals surface area contributed by atoms with E-state index in [1.54, 1.807) is 11.3 Å². The fourth-order valence-electron chi connectivity index (χ4n) is 1.37. The van der Waals surface area contributed by atoms with Crippen molar-refractivity contribution in [1.82, 2.24) is 10.3 Å². The maximum atomic E-state index is 5.55. The fourth-order valence-corrected chi connectivity index (χ4v) is 1.94. The molecule has 0 radical (unpaired) electrons. The van der Waals surface area contributed by atoms with E-state index >= 15 is 0 Å². The Morgan fingerprint density at radius 1 is 1.53 bits per heavy atom. The molecule has 0 saturated heterocycles. The van der Waals surface area contributed by atoms with Crippen LogP contribution in [-0.2, 0) is 11.3 Å². The van der Waals surface area contributed by atoms with Crippen LogP contribution in [0.2, 0.25) is 0 Å². The third-order valence-corrected chi connectivity index (χ3v) is 3.26. The summed E-state index contributed by atoms with van der Waals surface area (Å²) >= 11 is 1.70. The van der Waals surface area contributed by atoms with Crippen LogP contribution < -0.4 is 5.32 Å². The summed E-state index contributed by atoms with van der Waals surface area (Å²) in [7, 11) is 0. The Bertz CT molecular complexity index is 260. The molecule has 2 rings (SSSR count). The molecule has 1 fully saturated rings. The van der Waals surface area contributed by atoms with Crippen molar-refractivity contribution in [2.24, 2.45) is 5.92 Å². The van der Waals surface area contributed by atoms with E-state index in [-0.39, 0.29) is 0 Å². The maximum absolute atomic E-state index is 5.55. The molecule has 0 amide bonds. The first-order valence-electron chi connectivity index (χ1n) is 5.61. The van der Waals surface area contributed by atoms with Gasteiger partial charge >= 0.3 is 0 Å². The van der Waals surface area contributed by atoms with Crippen LogP contribution in [0.25, 0.3) is 0 Å². The third kappa shape index (κ3) is 4.73. The fraction of sp³-hybridized carbons (Fsp3) is 0.727. The molecule has 1 saturated carbocycles. The summed E-state index contributed by atoms with van der Waals surface area (Å²) < 4.78 is 5.55. The van der Waals surface area contributed by atoms with Crippen LogP contribution in [0.4, 0.5) is 0 Å². The first-order chi connectivity index (χ1) is 7.45. The van der Waals surface area contributed by atoms with Crippen LogP contribution in [0.5, 0.6) is 0 Å². The standard InChI is InChI=1S/C11H18N2OS/c1(5-14-8-10-2-3-10)4-12-6-11-7-13-9-15-11/h7,9-10,12H,1-6,8H2. The van der Waals surface area contributed by atoms with Crippen LogP contribution in [0.3, 0.4) is 0 Å². The van der Waals surface area contributed by atoms with Crippen molar-refractivity contribution in [1.29, 1.82) is 0 Å². The van der Waals surface area contributed by atoms with Crippen LogP contribution in [0.1, 0.15) is 24.1 Å². The van der Waals surface area contributed by atoms with Crippen molar-refractivity contribution in [3.05, 3.63) is 16.6 Å². The zero-order chi connectivity index (χ0) is 10.3. The molecule has 84 valence electrons. The Morgan fingerprint density at radius 3 is 3.20 bits per heavy atom. The number of aromatic nitrogens is 1. The smallest absolute Gasteiger partial charge is 0.0794 e. The quantitative estimate of drug-likeness (QED) is 0.689. The zero-order valence-electron chi connectivity index (χ0n) is 8.95. The second-order valence-corrected chi connectivity index (χ2v) is 4.99. The van der Waals surface area contributed by atoms with Crippen LogP contribution in [0.15, 0.2) is 11.7 Å². The van der Waals surface area contributed by atoms with Crippen LogP contribution in [0, 0.1) is 5.92 Å². The lowest BCUT2D eigenvalue weighted by molar-refractivity contribution is 0.122. The van der Waals surface area contributed by atoms with Crippen molar-refractivity contribution in [2.75, 3.05) is 19.8 Å². The Kier molecular flexibility index (Phi) is 4.57. The van der Waals surface area contributed by atoms with Gasteiger partial charge in [-0.25, -0.2) is 0 Å². The minimum atomic E-state index is 0.884. The summed E-state index contributed by atoms with van der Waals surface area (Å²) in [5, 5.41) is 3.38. The summed E-state index contributed by atoms with van der Waals surface area (Å²) in [5.41, 5.74) is 1.87. The largest absolute Gasteiger partial charge is 0.381 e. The van der Waals surface area contributed by atoms with Crippen molar-refractivity contribution in [3.63, 3.8) is 0 Å². The van der Waals surface area contributed by atoms with E-state index in [2.05, 4.69) is 10.3 Å². The highest BCUT2D eigenvalue weighted by Gasteiger charge is 2.20. The summed E-state index contributed by atoms with van der Waals surface area (Å²) in [6, 6.07) is 0. The number of rotatable bonds is 8. The Hall–Kier alpha value is -0.450. The van der Waals surface area contributed by atoms with Gasteiger partial charge in [0.25, 0.3) is 0 Å². The molecule has 0 spiro atoms. The highest BCUT2D eigenvalue weighted by atomic mass is 32.1. The van der Waals surface area contributed by atoms with Gasteiger partial charge in [-0.3, -0.25) is 4.98 Å². The highest BCUT2D eigenvalue weighted by molar-refractivity contribution is 7.09. The topological polar surface area (TPSA) is 34.2 Å². The lowest BCUT2D eigenvalue weighted by Crippen LogP contribution is -2.16. The molecule has 1 aliphatic carbocycles. The van der Waals surface area contributed by atoms with Gasteiger partial charge < -0.3 is 10.1 Å². The van der Waals surface area contributed by atoms with E-state index in [0.717, 1.165) is 38.6 Å². The van der Waals surface area contributed by atoms with Gasteiger partial charge in [-0.1, -0.05) is 0 Å². The van der Waals surface area contributed by atoms with E-state index in [1.807, 2.05) is 11.7 Å². The second-order valence-electron chi connectivity index (χ2n) is 4.02. The summed E-state index contributed by atoms with van der Waals surface area (Å²) in [5.74, 6) is 0.884. The molecule has 0 unspecified atom stereocenters. The lowest BCUT2D eigenvalue weighted by Gasteiger charge is -2.04. The Labute approximate surface area is 94.9 Å².